The van der Waals surface area contributed by atoms with E-state index in [4.69, 9.17) is 14.2 Å². The third-order valence-corrected chi connectivity index (χ3v) is 3.81. The number of allylic oxidation sites excluding steroid dienone is 2. The van der Waals surface area contributed by atoms with Crippen molar-refractivity contribution in [3.8, 4) is 0 Å². The maximum Gasteiger partial charge on any atom is 0.204 e. The Morgan fingerprint density at radius 1 is 1.23 bits per heavy atom. The molecule has 0 saturated carbocycles. The number of hydrogen-bond donors (Lipinski definition) is 1. The minimum Gasteiger partial charge on any atom is -0.498 e. The van der Waals surface area contributed by atoms with Crippen LogP contribution in [0.4, 0.5) is 0 Å². The van der Waals surface area contributed by atoms with Crippen molar-refractivity contribution in [2.45, 2.75) is 17.8 Å². The molecule has 0 amide bonds. The molecule has 1 N–H and O–H groups in total. The molecule has 3 unspecified atom stereocenters. The normalized spacial score (nSPS) is 25.5. The van der Waals surface area contributed by atoms with Gasteiger partial charge in [0, 0.05) is 14.2 Å². The van der Waals surface area contributed by atoms with Crippen molar-refractivity contribution in [1.29, 1.82) is 0 Å². The largest absolute Gasteiger partial charge is 0.498 e. The molecule has 0 fully saturated rings. The molecule has 118 valence electrons. The number of carbonyl (C=O) groups excluding carboxylic acids is 1. The van der Waals surface area contributed by atoms with Crippen molar-refractivity contribution in [2.75, 3.05) is 21.3 Å². The molecule has 1 aliphatic carbocycles. The first kappa shape index (κ1) is 16.4. The summed E-state index contributed by atoms with van der Waals surface area (Å²) in [6.07, 6.45) is 2.86. The summed E-state index contributed by atoms with van der Waals surface area (Å²) < 4.78 is 16.1. The Kier molecular flexibility index (Phi) is 5.13. The number of aliphatic hydroxyl groups is 1. The molecular weight excluding hydrogens is 284 g/mol. The topological polar surface area (TPSA) is 65.0 Å². The van der Waals surface area contributed by atoms with Gasteiger partial charge in [-0.3, -0.25) is 4.79 Å². The van der Waals surface area contributed by atoms with Crippen molar-refractivity contribution in [2.24, 2.45) is 0 Å². The summed E-state index contributed by atoms with van der Waals surface area (Å²) in [5.74, 6) is -0.0487. The van der Waals surface area contributed by atoms with Gasteiger partial charge in [0.2, 0.25) is 5.78 Å². The Labute approximate surface area is 129 Å². The van der Waals surface area contributed by atoms with E-state index in [-0.39, 0.29) is 0 Å². The van der Waals surface area contributed by atoms with Crippen LogP contribution in [0.5, 0.6) is 0 Å². The van der Waals surface area contributed by atoms with E-state index in [0.29, 0.717) is 11.3 Å². The van der Waals surface area contributed by atoms with Crippen LogP contribution in [0.15, 0.2) is 54.3 Å². The van der Waals surface area contributed by atoms with Crippen molar-refractivity contribution in [3.05, 3.63) is 59.9 Å². The van der Waals surface area contributed by atoms with Crippen molar-refractivity contribution >= 4 is 5.78 Å². The van der Waals surface area contributed by atoms with Gasteiger partial charge in [0.1, 0.15) is 11.9 Å². The fraction of sp³-hybridized carbons (Fsp3) is 0.353. The van der Waals surface area contributed by atoms with E-state index in [1.165, 1.54) is 21.3 Å². The van der Waals surface area contributed by atoms with Gasteiger partial charge < -0.3 is 19.3 Å². The molecule has 1 aliphatic rings. The number of hydrogen-bond acceptors (Lipinski definition) is 5. The zero-order valence-electron chi connectivity index (χ0n) is 12.9. The highest BCUT2D eigenvalue weighted by Crippen LogP contribution is 2.34. The first-order valence-electron chi connectivity index (χ1n) is 6.89. The van der Waals surface area contributed by atoms with Crippen LogP contribution in [0.25, 0.3) is 0 Å². The Hall–Kier alpha value is -1.95. The summed E-state index contributed by atoms with van der Waals surface area (Å²) in [6, 6.07) is 8.71. The lowest BCUT2D eigenvalue weighted by Gasteiger charge is -2.38. The molecule has 3 atom stereocenters. The number of ether oxygens (including phenoxy) is 3. The van der Waals surface area contributed by atoms with E-state index in [9.17, 15) is 9.90 Å². The molecule has 0 bridgehead atoms. The minimum absolute atomic E-state index is 0.459. The summed E-state index contributed by atoms with van der Waals surface area (Å²) >= 11 is 0. The predicted molar refractivity (Wildman–Crippen MR) is 81.2 cm³/mol. The van der Waals surface area contributed by atoms with Gasteiger partial charge >= 0.3 is 0 Å². The highest BCUT2D eigenvalue weighted by molar-refractivity contribution is 5.95. The maximum absolute atomic E-state index is 12.9. The molecule has 1 aromatic rings. The average Bonchev–Trinajstić information content (AvgIpc) is 2.60. The van der Waals surface area contributed by atoms with E-state index in [1.807, 2.05) is 6.07 Å². The molecule has 0 saturated heterocycles. The third-order valence-electron chi connectivity index (χ3n) is 3.81. The van der Waals surface area contributed by atoms with Gasteiger partial charge in [0.15, 0.2) is 11.7 Å². The SMILES string of the molecule is COC1=CC=CC(OC)(C(=O)C(O)c2ccccc2)C1OC. The quantitative estimate of drug-likeness (QED) is 0.868. The predicted octanol–water partition coefficient (Wildman–Crippen LogP) is 1.79. The van der Waals surface area contributed by atoms with Crippen LogP contribution in [-0.4, -0.2) is 43.9 Å². The molecule has 1 aromatic carbocycles. The fourth-order valence-corrected chi connectivity index (χ4v) is 2.63. The molecule has 0 heterocycles. The fourth-order valence-electron chi connectivity index (χ4n) is 2.63. The van der Waals surface area contributed by atoms with Gasteiger partial charge in [0.05, 0.1) is 7.11 Å². The number of aliphatic hydroxyl groups excluding tert-OH is 1. The number of rotatable bonds is 6. The lowest BCUT2D eigenvalue weighted by atomic mass is 9.82. The van der Waals surface area contributed by atoms with Crippen LogP contribution in [0.3, 0.4) is 0 Å². The maximum atomic E-state index is 12.9. The molecule has 0 aliphatic heterocycles. The molecule has 0 radical (unpaired) electrons. The van der Waals surface area contributed by atoms with Gasteiger partial charge in [-0.1, -0.05) is 36.4 Å². The molecule has 0 aromatic heterocycles. The van der Waals surface area contributed by atoms with Crippen molar-refractivity contribution < 1.29 is 24.1 Å². The Morgan fingerprint density at radius 2 is 1.91 bits per heavy atom. The molecular formula is C17H20O5. The standard InChI is InChI=1S/C17H20O5/c1-20-13-10-7-11-17(22-3,16(13)21-2)15(19)14(18)12-8-5-4-6-9-12/h4-11,14,16,18H,1-3H3. The van der Waals surface area contributed by atoms with Gasteiger partial charge in [-0.05, 0) is 17.7 Å². The highest BCUT2D eigenvalue weighted by atomic mass is 16.6. The van der Waals surface area contributed by atoms with Crippen molar-refractivity contribution in [1.82, 2.24) is 0 Å². The first-order valence-corrected chi connectivity index (χ1v) is 6.89. The smallest absolute Gasteiger partial charge is 0.204 e. The number of carbonyl (C=O) groups is 1. The van der Waals surface area contributed by atoms with E-state index in [2.05, 4.69) is 0 Å². The number of methoxy groups -OCH3 is 3. The number of ketones is 1. The molecule has 2 rings (SSSR count). The summed E-state index contributed by atoms with van der Waals surface area (Å²) in [4.78, 5) is 12.9. The number of benzene rings is 1. The summed E-state index contributed by atoms with van der Waals surface area (Å²) in [6.45, 7) is 0. The van der Waals surface area contributed by atoms with E-state index >= 15 is 0 Å². The van der Waals surface area contributed by atoms with Crippen LogP contribution in [0, 0.1) is 0 Å². The second-order valence-corrected chi connectivity index (χ2v) is 4.92. The molecule has 22 heavy (non-hydrogen) atoms. The van der Waals surface area contributed by atoms with Gasteiger partial charge in [-0.15, -0.1) is 0 Å². The monoisotopic (exact) mass is 304 g/mol. The second kappa shape index (κ2) is 6.87. The minimum atomic E-state index is -1.44. The summed E-state index contributed by atoms with van der Waals surface area (Å²) in [7, 11) is 4.37. The van der Waals surface area contributed by atoms with E-state index in [0.717, 1.165) is 0 Å². The Bertz CT molecular complexity index is 578. The van der Waals surface area contributed by atoms with Crippen LogP contribution < -0.4 is 0 Å². The van der Waals surface area contributed by atoms with E-state index in [1.54, 1.807) is 42.5 Å². The Balaban J connectivity index is 2.39. The van der Waals surface area contributed by atoms with Crippen LogP contribution in [0.2, 0.25) is 0 Å². The highest BCUT2D eigenvalue weighted by Gasteiger charge is 2.50. The van der Waals surface area contributed by atoms with Crippen LogP contribution in [-0.2, 0) is 19.0 Å². The zero-order chi connectivity index (χ0) is 16.2. The summed E-state index contributed by atoms with van der Waals surface area (Å²) in [5, 5.41) is 10.4. The lowest BCUT2D eigenvalue weighted by molar-refractivity contribution is -0.159. The van der Waals surface area contributed by atoms with Gasteiger partial charge in [-0.25, -0.2) is 0 Å². The molecule has 0 spiro atoms. The molecule has 5 nitrogen and oxygen atoms in total. The number of Topliss-reactive ketones (excluding diaryl/α,β-unsaturated/α-hetero) is 1. The average molecular weight is 304 g/mol. The van der Waals surface area contributed by atoms with Crippen LogP contribution in [0.1, 0.15) is 11.7 Å². The van der Waals surface area contributed by atoms with Gasteiger partial charge in [0.25, 0.3) is 0 Å². The summed E-state index contributed by atoms with van der Waals surface area (Å²) in [5.41, 5.74) is -0.940. The van der Waals surface area contributed by atoms with E-state index < -0.39 is 23.6 Å². The zero-order valence-corrected chi connectivity index (χ0v) is 12.9. The van der Waals surface area contributed by atoms with Crippen molar-refractivity contribution in [3.63, 3.8) is 0 Å². The lowest BCUT2D eigenvalue weighted by Crippen LogP contribution is -2.54. The molecule has 5 heteroatoms. The third kappa shape index (κ3) is 2.70. The second-order valence-electron chi connectivity index (χ2n) is 4.92. The van der Waals surface area contributed by atoms with Crippen LogP contribution >= 0.6 is 0 Å². The first-order chi connectivity index (χ1) is 10.6. The van der Waals surface area contributed by atoms with Gasteiger partial charge in [-0.2, -0.15) is 0 Å². The Morgan fingerprint density at radius 3 is 2.45 bits per heavy atom.